The lowest BCUT2D eigenvalue weighted by atomic mass is 10.0. The van der Waals surface area contributed by atoms with Crippen molar-refractivity contribution in [3.8, 4) is 0 Å². The maximum atomic E-state index is 11.9. The molecule has 0 radical (unpaired) electrons. The van der Waals surface area contributed by atoms with Crippen molar-refractivity contribution >= 4 is 17.7 Å². The second-order valence-corrected chi connectivity index (χ2v) is 5.13. The van der Waals surface area contributed by atoms with E-state index in [1.807, 2.05) is 24.3 Å². The van der Waals surface area contributed by atoms with E-state index in [0.29, 0.717) is 6.42 Å². The standard InChI is InChI=1S/C15H20N2O3/c1-2-10-5-3-6-11(9-10)16-15(20)17-13-8-4-7-12(13)14(18)19/h3,5-6,9,12-13H,2,4,7-8H2,1H3,(H,18,19)(H2,16,17,20). The summed E-state index contributed by atoms with van der Waals surface area (Å²) in [6.45, 7) is 2.05. The molecule has 20 heavy (non-hydrogen) atoms. The molecule has 2 atom stereocenters. The summed E-state index contributed by atoms with van der Waals surface area (Å²) in [4.78, 5) is 23.0. The van der Waals surface area contributed by atoms with Gasteiger partial charge in [-0.25, -0.2) is 4.79 Å². The zero-order valence-electron chi connectivity index (χ0n) is 11.6. The Balaban J connectivity index is 1.93. The van der Waals surface area contributed by atoms with Gasteiger partial charge in [-0.1, -0.05) is 25.5 Å². The molecular weight excluding hydrogens is 256 g/mol. The second-order valence-electron chi connectivity index (χ2n) is 5.13. The average Bonchev–Trinajstić information content (AvgIpc) is 2.87. The molecular formula is C15H20N2O3. The number of carboxylic acid groups (broad SMARTS) is 1. The van der Waals surface area contributed by atoms with Crippen molar-refractivity contribution < 1.29 is 14.7 Å². The number of aliphatic carboxylic acids is 1. The Labute approximate surface area is 118 Å². The maximum Gasteiger partial charge on any atom is 0.319 e. The monoisotopic (exact) mass is 276 g/mol. The number of hydrogen-bond donors (Lipinski definition) is 3. The minimum absolute atomic E-state index is 0.276. The molecule has 5 heteroatoms. The van der Waals surface area contributed by atoms with Crippen LogP contribution in [0.4, 0.5) is 10.5 Å². The zero-order chi connectivity index (χ0) is 14.5. The molecule has 2 unspecified atom stereocenters. The fourth-order valence-electron chi connectivity index (χ4n) is 2.63. The molecule has 1 aliphatic carbocycles. The first kappa shape index (κ1) is 14.4. The molecule has 3 N–H and O–H groups in total. The molecule has 2 amide bonds. The molecule has 5 nitrogen and oxygen atoms in total. The number of urea groups is 1. The first-order valence-corrected chi connectivity index (χ1v) is 6.99. The van der Waals surface area contributed by atoms with Crippen molar-refractivity contribution in [1.82, 2.24) is 5.32 Å². The smallest absolute Gasteiger partial charge is 0.319 e. The molecule has 0 aromatic heterocycles. The van der Waals surface area contributed by atoms with E-state index in [2.05, 4.69) is 17.6 Å². The number of benzene rings is 1. The third-order valence-corrected chi connectivity index (χ3v) is 3.74. The lowest BCUT2D eigenvalue weighted by Crippen LogP contribution is -2.42. The molecule has 1 fully saturated rings. The predicted octanol–water partition coefficient (Wildman–Crippen LogP) is 2.62. The molecule has 2 rings (SSSR count). The van der Waals surface area contributed by atoms with E-state index in [1.54, 1.807) is 0 Å². The van der Waals surface area contributed by atoms with Crippen LogP contribution in [0.3, 0.4) is 0 Å². The van der Waals surface area contributed by atoms with Crippen molar-refractivity contribution in [2.24, 2.45) is 5.92 Å². The van der Waals surface area contributed by atoms with Gasteiger partial charge in [0.2, 0.25) is 0 Å². The summed E-state index contributed by atoms with van der Waals surface area (Å²) in [5, 5.41) is 14.6. The van der Waals surface area contributed by atoms with Crippen molar-refractivity contribution in [1.29, 1.82) is 0 Å². The lowest BCUT2D eigenvalue weighted by molar-refractivity contribution is -0.142. The van der Waals surface area contributed by atoms with Crippen molar-refractivity contribution in [3.63, 3.8) is 0 Å². The van der Waals surface area contributed by atoms with Gasteiger partial charge in [0.1, 0.15) is 0 Å². The van der Waals surface area contributed by atoms with Crippen molar-refractivity contribution in [2.45, 2.75) is 38.6 Å². The average molecular weight is 276 g/mol. The third-order valence-electron chi connectivity index (χ3n) is 3.74. The van der Waals surface area contributed by atoms with E-state index < -0.39 is 11.9 Å². The Morgan fingerprint density at radius 3 is 2.85 bits per heavy atom. The minimum Gasteiger partial charge on any atom is -0.481 e. The first-order valence-electron chi connectivity index (χ1n) is 6.99. The summed E-state index contributed by atoms with van der Waals surface area (Å²) in [6, 6.07) is 7.02. The molecule has 1 aliphatic rings. The van der Waals surface area contributed by atoms with E-state index in [4.69, 9.17) is 5.11 Å². The van der Waals surface area contributed by atoms with Crippen LogP contribution in [-0.2, 0) is 11.2 Å². The number of carbonyl (C=O) groups excluding carboxylic acids is 1. The second kappa shape index (κ2) is 6.41. The van der Waals surface area contributed by atoms with Crippen LogP contribution in [0.15, 0.2) is 24.3 Å². The van der Waals surface area contributed by atoms with Crippen LogP contribution in [0.5, 0.6) is 0 Å². The van der Waals surface area contributed by atoms with Crippen LogP contribution < -0.4 is 10.6 Å². The van der Waals surface area contributed by atoms with Gasteiger partial charge in [0, 0.05) is 11.7 Å². The van der Waals surface area contributed by atoms with Crippen LogP contribution in [0, 0.1) is 5.92 Å². The Kier molecular flexibility index (Phi) is 4.61. The summed E-state index contributed by atoms with van der Waals surface area (Å²) in [5.41, 5.74) is 1.87. The summed E-state index contributed by atoms with van der Waals surface area (Å²) >= 11 is 0. The summed E-state index contributed by atoms with van der Waals surface area (Å²) in [7, 11) is 0. The molecule has 0 spiro atoms. The van der Waals surface area contributed by atoms with Crippen LogP contribution in [0.2, 0.25) is 0 Å². The fraction of sp³-hybridized carbons (Fsp3) is 0.467. The van der Waals surface area contributed by atoms with Crippen molar-refractivity contribution in [2.75, 3.05) is 5.32 Å². The quantitative estimate of drug-likeness (QED) is 0.791. The van der Waals surface area contributed by atoms with E-state index in [-0.39, 0.29) is 12.1 Å². The van der Waals surface area contributed by atoms with Crippen LogP contribution in [0.1, 0.15) is 31.7 Å². The molecule has 1 aromatic rings. The van der Waals surface area contributed by atoms with E-state index in [0.717, 1.165) is 30.5 Å². The van der Waals surface area contributed by atoms with Gasteiger partial charge in [-0.05, 0) is 37.0 Å². The molecule has 0 heterocycles. The van der Waals surface area contributed by atoms with Gasteiger partial charge in [0.25, 0.3) is 0 Å². The number of carbonyl (C=O) groups is 2. The van der Waals surface area contributed by atoms with Crippen molar-refractivity contribution in [3.05, 3.63) is 29.8 Å². The summed E-state index contributed by atoms with van der Waals surface area (Å²) < 4.78 is 0. The molecule has 0 aliphatic heterocycles. The van der Waals surface area contributed by atoms with E-state index >= 15 is 0 Å². The molecule has 1 aromatic carbocycles. The van der Waals surface area contributed by atoms with Crippen LogP contribution in [-0.4, -0.2) is 23.1 Å². The summed E-state index contributed by atoms with van der Waals surface area (Å²) in [5.74, 6) is -1.30. The highest BCUT2D eigenvalue weighted by Crippen LogP contribution is 2.25. The predicted molar refractivity (Wildman–Crippen MR) is 76.7 cm³/mol. The van der Waals surface area contributed by atoms with Gasteiger partial charge in [0.05, 0.1) is 5.92 Å². The van der Waals surface area contributed by atoms with Gasteiger partial charge < -0.3 is 15.7 Å². The number of hydrogen-bond acceptors (Lipinski definition) is 2. The largest absolute Gasteiger partial charge is 0.481 e. The number of amides is 2. The normalized spacial score (nSPS) is 21.4. The van der Waals surface area contributed by atoms with Crippen LogP contribution >= 0.6 is 0 Å². The van der Waals surface area contributed by atoms with E-state index in [1.165, 1.54) is 0 Å². The highest BCUT2D eigenvalue weighted by Gasteiger charge is 2.33. The number of rotatable bonds is 4. The van der Waals surface area contributed by atoms with Gasteiger partial charge in [-0.3, -0.25) is 4.79 Å². The molecule has 1 saturated carbocycles. The Morgan fingerprint density at radius 1 is 1.35 bits per heavy atom. The Hall–Kier alpha value is -2.04. The molecule has 0 saturated heterocycles. The maximum absolute atomic E-state index is 11.9. The number of carboxylic acids is 1. The lowest BCUT2D eigenvalue weighted by Gasteiger charge is -2.18. The molecule has 108 valence electrons. The SMILES string of the molecule is CCc1cccc(NC(=O)NC2CCCC2C(=O)O)c1. The number of nitrogens with one attached hydrogen (secondary N) is 2. The van der Waals surface area contributed by atoms with Gasteiger partial charge in [-0.2, -0.15) is 0 Å². The number of aryl methyl sites for hydroxylation is 1. The third kappa shape index (κ3) is 3.50. The number of anilines is 1. The topological polar surface area (TPSA) is 78.4 Å². The summed E-state index contributed by atoms with van der Waals surface area (Å²) in [6.07, 6.45) is 3.10. The molecule has 0 bridgehead atoms. The highest BCUT2D eigenvalue weighted by atomic mass is 16.4. The van der Waals surface area contributed by atoms with Gasteiger partial charge in [0.15, 0.2) is 0 Å². The van der Waals surface area contributed by atoms with Gasteiger partial charge >= 0.3 is 12.0 Å². The highest BCUT2D eigenvalue weighted by molar-refractivity contribution is 5.90. The minimum atomic E-state index is -0.833. The van der Waals surface area contributed by atoms with Gasteiger partial charge in [-0.15, -0.1) is 0 Å². The fourth-order valence-corrected chi connectivity index (χ4v) is 2.63. The Bertz CT molecular complexity index is 502. The zero-order valence-corrected chi connectivity index (χ0v) is 11.6. The van der Waals surface area contributed by atoms with E-state index in [9.17, 15) is 9.59 Å². The Morgan fingerprint density at radius 2 is 2.15 bits per heavy atom. The van der Waals surface area contributed by atoms with Crippen LogP contribution in [0.25, 0.3) is 0 Å². The first-order chi connectivity index (χ1) is 9.60.